The quantitative estimate of drug-likeness (QED) is 0.366. The number of hydrogen-bond donors (Lipinski definition) is 1. The van der Waals surface area contributed by atoms with Crippen LogP contribution in [0.1, 0.15) is 28.9 Å². The maximum atomic E-state index is 13.0. The molecule has 0 unspecified atom stereocenters. The predicted molar refractivity (Wildman–Crippen MR) is 120 cm³/mol. The van der Waals surface area contributed by atoms with E-state index in [-0.39, 0.29) is 17.7 Å². The summed E-state index contributed by atoms with van der Waals surface area (Å²) in [4.78, 5) is 14.1. The fourth-order valence-electron chi connectivity index (χ4n) is 3.14. The van der Waals surface area contributed by atoms with Crippen LogP contribution in [-0.4, -0.2) is 32.6 Å². The summed E-state index contributed by atoms with van der Waals surface area (Å²) in [5.41, 5.74) is 0.898. The highest BCUT2D eigenvalue weighted by Crippen LogP contribution is 2.35. The van der Waals surface area contributed by atoms with Gasteiger partial charge in [-0.15, -0.1) is 21.5 Å². The second-order valence-electron chi connectivity index (χ2n) is 6.59. The summed E-state index contributed by atoms with van der Waals surface area (Å²) in [7, 11) is 0. The van der Waals surface area contributed by atoms with Crippen molar-refractivity contribution >= 4 is 51.2 Å². The number of nitrogens with one attached hydrogen (secondary N) is 1. The Morgan fingerprint density at radius 1 is 1.19 bits per heavy atom. The van der Waals surface area contributed by atoms with Gasteiger partial charge in [-0.1, -0.05) is 29.2 Å². The maximum absolute atomic E-state index is 13.0. The van der Waals surface area contributed by atoms with Crippen molar-refractivity contribution in [3.05, 3.63) is 70.7 Å². The third-order valence-electron chi connectivity index (χ3n) is 4.56. The first-order valence-corrected chi connectivity index (χ1v) is 12.1. The second kappa shape index (κ2) is 9.08. The average molecular weight is 472 g/mol. The van der Waals surface area contributed by atoms with Gasteiger partial charge in [0.25, 0.3) is 5.91 Å². The average Bonchev–Trinajstić information content (AvgIpc) is 3.62. The molecule has 0 fully saturated rings. The number of anilines is 1. The summed E-state index contributed by atoms with van der Waals surface area (Å²) < 4.78 is 11.6. The SMILES string of the molecule is O=C(CSc1nnc(NCc2ccco2)s1)N1N=C(c2cccs2)C[C@@H]1c1ccco1. The van der Waals surface area contributed by atoms with Gasteiger partial charge in [0.2, 0.25) is 5.13 Å². The number of hydrogen-bond acceptors (Lipinski definition) is 10. The molecule has 1 atom stereocenters. The Hall–Kier alpha value is -2.89. The number of amides is 1. The molecule has 4 aromatic heterocycles. The van der Waals surface area contributed by atoms with E-state index in [4.69, 9.17) is 8.83 Å². The van der Waals surface area contributed by atoms with Crippen LogP contribution in [0, 0.1) is 0 Å². The first-order chi connectivity index (χ1) is 15.3. The largest absolute Gasteiger partial charge is 0.467 e. The first kappa shape index (κ1) is 20.0. The zero-order valence-electron chi connectivity index (χ0n) is 16.1. The van der Waals surface area contributed by atoms with E-state index in [9.17, 15) is 4.79 Å². The fraction of sp³-hybridized carbons (Fsp3) is 0.200. The molecule has 1 aliphatic heterocycles. The lowest BCUT2D eigenvalue weighted by Gasteiger charge is -2.19. The summed E-state index contributed by atoms with van der Waals surface area (Å²) >= 11 is 4.37. The number of carbonyl (C=O) groups is 1. The molecule has 0 bridgehead atoms. The van der Waals surface area contributed by atoms with Crippen molar-refractivity contribution < 1.29 is 13.6 Å². The molecule has 0 aliphatic carbocycles. The van der Waals surface area contributed by atoms with E-state index in [1.165, 1.54) is 28.1 Å². The van der Waals surface area contributed by atoms with Gasteiger partial charge < -0.3 is 14.2 Å². The van der Waals surface area contributed by atoms with Gasteiger partial charge in [0.1, 0.15) is 17.6 Å². The number of rotatable bonds is 8. The van der Waals surface area contributed by atoms with Gasteiger partial charge in [0, 0.05) is 6.42 Å². The number of hydrazone groups is 1. The Balaban J connectivity index is 1.23. The summed E-state index contributed by atoms with van der Waals surface area (Å²) in [5, 5.41) is 20.3. The molecule has 4 aromatic rings. The third-order valence-corrected chi connectivity index (χ3v) is 7.48. The highest BCUT2D eigenvalue weighted by atomic mass is 32.2. The van der Waals surface area contributed by atoms with E-state index in [0.29, 0.717) is 22.4 Å². The van der Waals surface area contributed by atoms with Gasteiger partial charge in [-0.25, -0.2) is 5.01 Å². The minimum absolute atomic E-state index is 0.0988. The van der Waals surface area contributed by atoms with Crippen molar-refractivity contribution in [3.63, 3.8) is 0 Å². The molecular weight excluding hydrogens is 454 g/mol. The molecule has 5 heterocycles. The van der Waals surface area contributed by atoms with Crippen molar-refractivity contribution in [2.75, 3.05) is 11.1 Å². The number of carbonyl (C=O) groups excluding carboxylic acids is 1. The topological polar surface area (TPSA) is 96.8 Å². The van der Waals surface area contributed by atoms with E-state index in [0.717, 1.165) is 22.1 Å². The molecule has 0 aromatic carbocycles. The van der Waals surface area contributed by atoms with Crippen LogP contribution in [0.5, 0.6) is 0 Å². The van der Waals surface area contributed by atoms with Gasteiger partial charge in [-0.05, 0) is 35.7 Å². The minimum atomic E-state index is -0.236. The van der Waals surface area contributed by atoms with E-state index >= 15 is 0 Å². The molecule has 0 saturated heterocycles. The molecule has 0 radical (unpaired) electrons. The van der Waals surface area contributed by atoms with E-state index < -0.39 is 0 Å². The van der Waals surface area contributed by atoms with E-state index in [2.05, 4.69) is 20.6 Å². The molecule has 1 amide bonds. The monoisotopic (exact) mass is 471 g/mol. The molecular formula is C20H17N5O3S3. The third kappa shape index (κ3) is 4.58. The standard InChI is InChI=1S/C20H17N5O3S3/c26-18(12-30-20-23-22-19(31-20)21-11-13-4-1-7-27-13)25-15(16-5-2-8-28-16)10-14(24-25)17-6-3-9-29-17/h1-9,15H,10-12H2,(H,21,22)/t15-/m1/s1. The Morgan fingerprint density at radius 2 is 2.10 bits per heavy atom. The number of nitrogens with zero attached hydrogens (tertiary/aromatic N) is 4. The number of furan rings is 2. The molecule has 31 heavy (non-hydrogen) atoms. The van der Waals surface area contributed by atoms with Crippen molar-refractivity contribution in [1.29, 1.82) is 0 Å². The van der Waals surface area contributed by atoms with Crippen LogP contribution in [0.3, 0.4) is 0 Å². The number of thioether (sulfide) groups is 1. The highest BCUT2D eigenvalue weighted by molar-refractivity contribution is 8.01. The molecule has 158 valence electrons. The highest BCUT2D eigenvalue weighted by Gasteiger charge is 2.35. The molecule has 1 aliphatic rings. The van der Waals surface area contributed by atoms with Crippen LogP contribution in [0.25, 0.3) is 0 Å². The lowest BCUT2D eigenvalue weighted by atomic mass is 10.1. The van der Waals surface area contributed by atoms with Crippen LogP contribution >= 0.6 is 34.4 Å². The number of thiophene rings is 1. The zero-order chi connectivity index (χ0) is 21.0. The molecule has 5 rings (SSSR count). The van der Waals surface area contributed by atoms with Crippen molar-refractivity contribution in [3.8, 4) is 0 Å². The Kier molecular flexibility index (Phi) is 5.87. The van der Waals surface area contributed by atoms with Crippen molar-refractivity contribution in [2.45, 2.75) is 23.3 Å². The van der Waals surface area contributed by atoms with Crippen molar-refractivity contribution in [2.24, 2.45) is 5.10 Å². The lowest BCUT2D eigenvalue weighted by Crippen LogP contribution is -2.28. The predicted octanol–water partition coefficient (Wildman–Crippen LogP) is 4.87. The van der Waals surface area contributed by atoms with Crippen LogP contribution in [0.4, 0.5) is 5.13 Å². The van der Waals surface area contributed by atoms with E-state index in [1.807, 2.05) is 41.8 Å². The maximum Gasteiger partial charge on any atom is 0.253 e. The summed E-state index contributed by atoms with van der Waals surface area (Å²) in [5.74, 6) is 1.66. The van der Waals surface area contributed by atoms with Gasteiger partial charge in [0.15, 0.2) is 4.34 Å². The van der Waals surface area contributed by atoms with Gasteiger partial charge in [0.05, 0.1) is 35.4 Å². The Bertz CT molecular complexity index is 1150. The van der Waals surface area contributed by atoms with Crippen LogP contribution in [-0.2, 0) is 11.3 Å². The molecule has 8 nitrogen and oxygen atoms in total. The minimum Gasteiger partial charge on any atom is -0.467 e. The molecule has 1 N–H and O–H groups in total. The Labute approximate surface area is 190 Å². The van der Waals surface area contributed by atoms with Crippen LogP contribution < -0.4 is 5.32 Å². The number of aromatic nitrogens is 2. The summed E-state index contributed by atoms with van der Waals surface area (Å²) in [6.45, 7) is 0.532. The summed E-state index contributed by atoms with van der Waals surface area (Å²) in [6, 6.07) is 11.2. The van der Waals surface area contributed by atoms with E-state index in [1.54, 1.807) is 23.9 Å². The fourth-order valence-corrected chi connectivity index (χ4v) is 5.46. The van der Waals surface area contributed by atoms with Gasteiger partial charge in [-0.3, -0.25) is 4.79 Å². The summed E-state index contributed by atoms with van der Waals surface area (Å²) in [6.07, 6.45) is 3.88. The first-order valence-electron chi connectivity index (χ1n) is 9.45. The Morgan fingerprint density at radius 3 is 2.87 bits per heavy atom. The van der Waals surface area contributed by atoms with Crippen molar-refractivity contribution in [1.82, 2.24) is 15.2 Å². The molecule has 11 heteroatoms. The molecule has 0 spiro atoms. The van der Waals surface area contributed by atoms with Gasteiger partial charge in [-0.2, -0.15) is 5.10 Å². The second-order valence-corrected chi connectivity index (χ2v) is 9.74. The van der Waals surface area contributed by atoms with Crippen LogP contribution in [0.15, 0.2) is 72.6 Å². The van der Waals surface area contributed by atoms with Crippen LogP contribution in [0.2, 0.25) is 0 Å². The zero-order valence-corrected chi connectivity index (χ0v) is 18.6. The van der Waals surface area contributed by atoms with Gasteiger partial charge >= 0.3 is 0 Å². The molecule has 0 saturated carbocycles. The smallest absolute Gasteiger partial charge is 0.253 e. The normalized spacial score (nSPS) is 15.9. The lowest BCUT2D eigenvalue weighted by molar-refractivity contribution is -0.130.